The number of ether oxygens (including phenoxy) is 1. The summed E-state index contributed by atoms with van der Waals surface area (Å²) in [6.07, 6.45) is 0. The molecule has 9 heavy (non-hydrogen) atoms. The van der Waals surface area contributed by atoms with E-state index < -0.39 is 8.07 Å². The molecular weight excluding hydrogens is 235 g/mol. The Balaban J connectivity index is 3.07. The van der Waals surface area contributed by atoms with Crippen LogP contribution in [-0.2, 0) is 4.74 Å². The van der Waals surface area contributed by atoms with E-state index in [1.807, 2.05) is 0 Å². The van der Waals surface area contributed by atoms with Gasteiger partial charge in [-0.15, -0.1) is 0 Å². The van der Waals surface area contributed by atoms with Crippen molar-refractivity contribution in [3.8, 4) is 0 Å². The Bertz CT molecular complexity index is 69.9. The summed E-state index contributed by atoms with van der Waals surface area (Å²) in [5.74, 6) is 0. The minimum atomic E-state index is -0.805. The molecule has 0 aliphatic carbocycles. The Hall–Kier alpha value is 0.976. The van der Waals surface area contributed by atoms with Gasteiger partial charge < -0.3 is 0 Å². The van der Waals surface area contributed by atoms with Crippen LogP contribution in [0.1, 0.15) is 0 Å². The van der Waals surface area contributed by atoms with Gasteiger partial charge in [-0.3, -0.25) is 0 Å². The zero-order valence-corrected chi connectivity index (χ0v) is 10.9. The standard InChI is InChI=1S/C6H15OSi.Sn.H/c1-7-5-6-8(2,3)4;;/h1,5-6H2,2-4H3;;. The van der Waals surface area contributed by atoms with Gasteiger partial charge in [-0.05, 0) is 0 Å². The van der Waals surface area contributed by atoms with Gasteiger partial charge in [0.1, 0.15) is 0 Å². The monoisotopic (exact) mass is 252 g/mol. The second kappa shape index (κ2) is 4.74. The van der Waals surface area contributed by atoms with Crippen LogP contribution in [-0.4, -0.2) is 41.8 Å². The third kappa shape index (κ3) is 8.98. The second-order valence-corrected chi connectivity index (χ2v) is 9.96. The molecule has 0 rings (SSSR count). The van der Waals surface area contributed by atoms with E-state index in [2.05, 4.69) is 19.6 Å². The first-order chi connectivity index (χ1) is 4.06. The summed E-state index contributed by atoms with van der Waals surface area (Å²) >= 11 is 1.24. The van der Waals surface area contributed by atoms with E-state index in [0.717, 1.165) is 11.2 Å². The molecule has 1 nitrogen and oxygen atoms in total. The quantitative estimate of drug-likeness (QED) is 0.538. The van der Waals surface area contributed by atoms with Crippen molar-refractivity contribution >= 4 is 30.6 Å². The third-order valence-corrected chi connectivity index (χ3v) is 3.49. The van der Waals surface area contributed by atoms with E-state index in [0.29, 0.717) is 0 Å². The van der Waals surface area contributed by atoms with Crippen molar-refractivity contribution in [2.45, 2.75) is 25.7 Å². The average Bonchev–Trinajstić information content (AvgIpc) is 1.63. The van der Waals surface area contributed by atoms with Gasteiger partial charge in [-0.1, -0.05) is 0 Å². The van der Waals surface area contributed by atoms with Crippen molar-refractivity contribution in [2.24, 2.45) is 0 Å². The van der Waals surface area contributed by atoms with Crippen LogP contribution in [0, 0.1) is 0 Å². The van der Waals surface area contributed by atoms with E-state index in [1.165, 1.54) is 28.6 Å². The molecule has 0 fully saturated rings. The van der Waals surface area contributed by atoms with Gasteiger partial charge in [0.25, 0.3) is 0 Å². The average molecular weight is 251 g/mol. The van der Waals surface area contributed by atoms with Crippen molar-refractivity contribution in [1.29, 1.82) is 0 Å². The molecule has 0 saturated heterocycles. The number of hydrogen-bond donors (Lipinski definition) is 0. The van der Waals surface area contributed by atoms with Crippen molar-refractivity contribution in [3.63, 3.8) is 0 Å². The molecule has 0 atom stereocenters. The van der Waals surface area contributed by atoms with E-state index in [1.54, 1.807) is 0 Å². The summed E-state index contributed by atoms with van der Waals surface area (Å²) in [6.45, 7) is 8.13. The first kappa shape index (κ1) is 9.98. The van der Waals surface area contributed by atoms with Crippen molar-refractivity contribution in [1.82, 2.24) is 0 Å². The van der Waals surface area contributed by atoms with Crippen molar-refractivity contribution < 1.29 is 4.74 Å². The predicted molar refractivity (Wildman–Crippen MR) is 46.1 cm³/mol. The van der Waals surface area contributed by atoms with Crippen LogP contribution in [0.3, 0.4) is 0 Å². The predicted octanol–water partition coefficient (Wildman–Crippen LogP) is 1.20. The summed E-state index contributed by atoms with van der Waals surface area (Å²) < 4.78 is 6.30. The van der Waals surface area contributed by atoms with Gasteiger partial charge >= 0.3 is 72.3 Å². The molecule has 2 radical (unpaired) electrons. The van der Waals surface area contributed by atoms with E-state index in [9.17, 15) is 0 Å². The zero-order valence-electron chi connectivity index (χ0n) is 6.61. The van der Waals surface area contributed by atoms with Gasteiger partial charge in [-0.25, -0.2) is 0 Å². The van der Waals surface area contributed by atoms with Crippen LogP contribution < -0.4 is 0 Å². The first-order valence-corrected chi connectivity index (χ1v) is 9.38. The molecule has 0 saturated carbocycles. The fraction of sp³-hybridized carbons (Fsp3) is 1.00. The Morgan fingerprint density at radius 3 is 2.22 bits per heavy atom. The van der Waals surface area contributed by atoms with Gasteiger partial charge in [0.2, 0.25) is 0 Å². The van der Waals surface area contributed by atoms with E-state index in [4.69, 9.17) is 4.74 Å². The maximum atomic E-state index is 5.30. The second-order valence-electron chi connectivity index (χ2n) is 3.39. The SMILES string of the molecule is C[Si](C)(C)CCO[CH2][SnH]. The topological polar surface area (TPSA) is 9.23 Å². The number of hydrogen-bond acceptors (Lipinski definition) is 1. The fourth-order valence-corrected chi connectivity index (χ4v) is 1.69. The Labute approximate surface area is 72.3 Å². The Morgan fingerprint density at radius 2 is 1.89 bits per heavy atom. The molecule has 0 aromatic carbocycles. The molecular formula is C6H16OSiSn. The Kier molecular flexibility index (Phi) is 5.25. The number of rotatable bonds is 4. The third-order valence-electron chi connectivity index (χ3n) is 1.11. The van der Waals surface area contributed by atoms with Crippen LogP contribution in [0.15, 0.2) is 0 Å². The molecule has 0 bridgehead atoms. The molecule has 3 heteroatoms. The van der Waals surface area contributed by atoms with E-state index in [-0.39, 0.29) is 0 Å². The van der Waals surface area contributed by atoms with Crippen LogP contribution in [0.2, 0.25) is 25.7 Å². The molecule has 0 heterocycles. The minimum absolute atomic E-state index is 0.805. The molecule has 0 spiro atoms. The van der Waals surface area contributed by atoms with E-state index >= 15 is 0 Å². The van der Waals surface area contributed by atoms with Crippen LogP contribution in [0.25, 0.3) is 0 Å². The zero-order chi connectivity index (χ0) is 7.33. The maximum absolute atomic E-state index is 5.30. The molecule has 0 aromatic rings. The molecule has 0 aliphatic rings. The molecule has 0 aliphatic heterocycles. The molecule has 0 unspecified atom stereocenters. The summed E-state index contributed by atoms with van der Waals surface area (Å²) in [4.78, 5) is 0. The van der Waals surface area contributed by atoms with Crippen LogP contribution in [0.5, 0.6) is 0 Å². The summed E-state index contributed by atoms with van der Waals surface area (Å²) in [5, 5.41) is 0. The summed E-state index contributed by atoms with van der Waals surface area (Å²) in [6, 6.07) is 1.31. The van der Waals surface area contributed by atoms with Crippen LogP contribution in [0.4, 0.5) is 0 Å². The summed E-state index contributed by atoms with van der Waals surface area (Å²) in [7, 11) is -0.805. The molecule has 54 valence electrons. The van der Waals surface area contributed by atoms with Crippen molar-refractivity contribution in [2.75, 3.05) is 11.2 Å². The van der Waals surface area contributed by atoms with Gasteiger partial charge in [0, 0.05) is 0 Å². The fourth-order valence-electron chi connectivity index (χ4n) is 0.462. The van der Waals surface area contributed by atoms with Crippen molar-refractivity contribution in [3.05, 3.63) is 0 Å². The normalized spacial score (nSPS) is 12.0. The Morgan fingerprint density at radius 1 is 1.33 bits per heavy atom. The molecule has 0 N–H and O–H groups in total. The van der Waals surface area contributed by atoms with Gasteiger partial charge in [0.05, 0.1) is 0 Å². The summed E-state index contributed by atoms with van der Waals surface area (Å²) in [5.41, 5.74) is 0. The van der Waals surface area contributed by atoms with Crippen LogP contribution >= 0.6 is 0 Å². The van der Waals surface area contributed by atoms with Gasteiger partial charge in [0.15, 0.2) is 0 Å². The van der Waals surface area contributed by atoms with Gasteiger partial charge in [-0.2, -0.15) is 0 Å². The first-order valence-electron chi connectivity index (χ1n) is 3.34. The molecule has 0 amide bonds. The molecule has 0 aromatic heterocycles.